The molecule has 0 bridgehead atoms. The number of rotatable bonds is 7. The number of carbonyl (C=O) groups excluding carboxylic acids is 1. The minimum absolute atomic E-state index is 0.100. The van der Waals surface area contributed by atoms with Crippen LogP contribution in [-0.2, 0) is 25.2 Å². The molecule has 192 valence electrons. The van der Waals surface area contributed by atoms with Crippen LogP contribution < -0.4 is 0 Å². The number of carbonyl (C=O) groups is 1. The highest BCUT2D eigenvalue weighted by atomic mass is 32.2. The van der Waals surface area contributed by atoms with Gasteiger partial charge >= 0.3 is 0 Å². The molecular formula is C26H31N3O5S2. The fourth-order valence-corrected chi connectivity index (χ4v) is 8.32. The molecule has 1 atom stereocenters. The van der Waals surface area contributed by atoms with E-state index in [0.29, 0.717) is 43.8 Å². The Morgan fingerprint density at radius 1 is 1.14 bits per heavy atom. The first-order valence-corrected chi connectivity index (χ1v) is 14.7. The monoisotopic (exact) mass is 529 g/mol. The van der Waals surface area contributed by atoms with Gasteiger partial charge in [-0.2, -0.15) is 4.31 Å². The number of hydrogen-bond donors (Lipinski definition) is 1. The van der Waals surface area contributed by atoms with Gasteiger partial charge in [0.25, 0.3) is 0 Å². The highest BCUT2D eigenvalue weighted by Crippen LogP contribution is 2.34. The number of aliphatic hydroxyl groups is 1. The van der Waals surface area contributed by atoms with E-state index in [1.165, 1.54) is 11.3 Å². The number of benzene rings is 1. The summed E-state index contributed by atoms with van der Waals surface area (Å²) in [5.41, 5.74) is -0.209. The molecule has 2 aliphatic rings. The van der Waals surface area contributed by atoms with E-state index >= 15 is 0 Å². The summed E-state index contributed by atoms with van der Waals surface area (Å²) in [6, 6.07) is 10.9. The normalized spacial score (nSPS) is 21.0. The average Bonchev–Trinajstić information content (AvgIpc) is 3.35. The number of nitrogens with zero attached hydrogens (tertiary/aromatic N) is 3. The third-order valence-electron chi connectivity index (χ3n) is 7.28. The van der Waals surface area contributed by atoms with Crippen LogP contribution in [0, 0.1) is 0 Å². The summed E-state index contributed by atoms with van der Waals surface area (Å²) in [5.74, 6) is -0.141. The van der Waals surface area contributed by atoms with E-state index in [0.717, 1.165) is 28.5 Å². The molecule has 0 spiro atoms. The number of ether oxygens (including phenoxy) is 1. The van der Waals surface area contributed by atoms with Crippen LogP contribution in [0.3, 0.4) is 0 Å². The molecule has 1 amide bonds. The van der Waals surface area contributed by atoms with Crippen molar-refractivity contribution in [3.8, 4) is 0 Å². The number of hydrogen-bond acceptors (Lipinski definition) is 7. The molecule has 5 rings (SSSR count). The van der Waals surface area contributed by atoms with Gasteiger partial charge in [0.1, 0.15) is 11.5 Å². The molecule has 2 aliphatic heterocycles. The molecule has 8 nitrogen and oxygen atoms in total. The molecule has 36 heavy (non-hydrogen) atoms. The second-order valence-electron chi connectivity index (χ2n) is 9.53. The maximum Gasteiger partial charge on any atom is 0.248 e. The molecule has 0 radical (unpaired) electrons. The van der Waals surface area contributed by atoms with Crippen LogP contribution in [0.5, 0.6) is 0 Å². The Kier molecular flexibility index (Phi) is 7.41. The van der Waals surface area contributed by atoms with Gasteiger partial charge in [0.2, 0.25) is 15.9 Å². The van der Waals surface area contributed by atoms with E-state index in [-0.39, 0.29) is 25.2 Å². The Morgan fingerprint density at radius 2 is 1.94 bits per heavy atom. The van der Waals surface area contributed by atoms with Crippen molar-refractivity contribution < 1.29 is 23.1 Å². The van der Waals surface area contributed by atoms with E-state index < -0.39 is 15.6 Å². The number of fused-ring (bicyclic) bond motifs is 1. The van der Waals surface area contributed by atoms with Crippen molar-refractivity contribution >= 4 is 37.4 Å². The zero-order chi connectivity index (χ0) is 25.2. The molecule has 10 heteroatoms. The van der Waals surface area contributed by atoms with Crippen LogP contribution in [0.15, 0.2) is 59.1 Å². The minimum Gasteiger partial charge on any atom is -0.385 e. The van der Waals surface area contributed by atoms with Crippen molar-refractivity contribution in [1.82, 2.24) is 14.2 Å². The largest absolute Gasteiger partial charge is 0.385 e. The van der Waals surface area contributed by atoms with E-state index in [9.17, 15) is 18.3 Å². The lowest BCUT2D eigenvalue weighted by Crippen LogP contribution is -2.48. The molecular weight excluding hydrogens is 498 g/mol. The maximum atomic E-state index is 13.6. The number of piperidine rings is 2. The van der Waals surface area contributed by atoms with Gasteiger partial charge in [-0.3, -0.25) is 9.78 Å². The van der Waals surface area contributed by atoms with Gasteiger partial charge in [0.15, 0.2) is 0 Å². The summed E-state index contributed by atoms with van der Waals surface area (Å²) >= 11 is 1.43. The third-order valence-corrected chi connectivity index (χ3v) is 10.4. The Balaban J connectivity index is 1.18. The van der Waals surface area contributed by atoms with Crippen molar-refractivity contribution in [2.75, 3.05) is 32.8 Å². The highest BCUT2D eigenvalue weighted by Gasteiger charge is 2.37. The molecule has 4 heterocycles. The number of pyridine rings is 1. The van der Waals surface area contributed by atoms with Gasteiger partial charge in [-0.05, 0) is 37.8 Å². The van der Waals surface area contributed by atoms with Gasteiger partial charge in [-0.15, -0.1) is 11.3 Å². The lowest BCUT2D eigenvalue weighted by molar-refractivity contribution is -0.141. The van der Waals surface area contributed by atoms with Gasteiger partial charge in [-0.1, -0.05) is 30.7 Å². The topological polar surface area (TPSA) is 100 Å². The summed E-state index contributed by atoms with van der Waals surface area (Å²) in [4.78, 5) is 18.9. The van der Waals surface area contributed by atoms with E-state index in [4.69, 9.17) is 4.74 Å². The zero-order valence-electron chi connectivity index (χ0n) is 20.1. The Bertz CT molecular complexity index is 1300. The quantitative estimate of drug-likeness (QED) is 0.504. The van der Waals surface area contributed by atoms with Gasteiger partial charge in [-0.25, -0.2) is 8.42 Å². The van der Waals surface area contributed by atoms with Crippen LogP contribution in [0.2, 0.25) is 0 Å². The molecule has 0 saturated carbocycles. The lowest BCUT2D eigenvalue weighted by atomic mass is 9.85. The second-order valence-corrected chi connectivity index (χ2v) is 12.3. The van der Waals surface area contributed by atoms with Crippen LogP contribution >= 0.6 is 11.3 Å². The highest BCUT2D eigenvalue weighted by molar-refractivity contribution is 7.89. The van der Waals surface area contributed by atoms with Crippen molar-refractivity contribution in [2.45, 2.75) is 48.6 Å². The van der Waals surface area contributed by atoms with Crippen molar-refractivity contribution in [1.29, 1.82) is 0 Å². The van der Waals surface area contributed by atoms with Crippen molar-refractivity contribution in [3.63, 3.8) is 0 Å². The average molecular weight is 530 g/mol. The lowest BCUT2D eigenvalue weighted by Gasteiger charge is -2.38. The molecule has 2 fully saturated rings. The summed E-state index contributed by atoms with van der Waals surface area (Å²) in [6.45, 7) is 1.40. The molecule has 1 aromatic carbocycles. The van der Waals surface area contributed by atoms with Crippen LogP contribution in [-0.4, -0.2) is 72.5 Å². The predicted molar refractivity (Wildman–Crippen MR) is 138 cm³/mol. The Labute approximate surface area is 215 Å². The van der Waals surface area contributed by atoms with Gasteiger partial charge in [0, 0.05) is 59.1 Å². The summed E-state index contributed by atoms with van der Waals surface area (Å²) in [7, 11) is -3.67. The Morgan fingerprint density at radius 3 is 2.72 bits per heavy atom. The minimum atomic E-state index is -3.67. The third kappa shape index (κ3) is 5.05. The molecule has 0 aliphatic carbocycles. The zero-order valence-corrected chi connectivity index (χ0v) is 21.7. The molecule has 3 aromatic rings. The van der Waals surface area contributed by atoms with Crippen LogP contribution in [0.4, 0.5) is 0 Å². The first-order valence-electron chi connectivity index (χ1n) is 12.3. The summed E-state index contributed by atoms with van der Waals surface area (Å²) < 4.78 is 35.4. The van der Waals surface area contributed by atoms with Crippen molar-refractivity contribution in [2.24, 2.45) is 0 Å². The summed E-state index contributed by atoms with van der Waals surface area (Å²) in [5, 5.41) is 13.4. The Hall–Kier alpha value is -2.37. The molecule has 2 saturated heterocycles. The van der Waals surface area contributed by atoms with Crippen LogP contribution in [0.1, 0.15) is 37.7 Å². The standard InChI is InChI=1S/C26H31N3O5S2/c30-25(28-14-10-26(31,11-15-28)20-6-5-12-27-16-20)18-34-17-21-7-3-4-13-29(21)36(32,33)24-19-35-23-9-2-1-8-22(23)24/h1-2,5-6,8-9,12,16,19,21,31H,3-4,7,10-11,13-15,17-18H2. The maximum absolute atomic E-state index is 13.6. The van der Waals surface area contributed by atoms with E-state index in [1.807, 2.05) is 30.3 Å². The van der Waals surface area contributed by atoms with E-state index in [2.05, 4.69) is 4.98 Å². The van der Waals surface area contributed by atoms with Gasteiger partial charge < -0.3 is 14.7 Å². The smallest absolute Gasteiger partial charge is 0.248 e. The SMILES string of the molecule is O=C(COCC1CCCCN1S(=O)(=O)c1csc2ccccc12)N1CCC(O)(c2cccnc2)CC1. The molecule has 2 aromatic heterocycles. The molecule has 1 N–H and O–H groups in total. The molecule has 1 unspecified atom stereocenters. The van der Waals surface area contributed by atoms with Crippen LogP contribution in [0.25, 0.3) is 10.1 Å². The number of sulfonamides is 1. The summed E-state index contributed by atoms with van der Waals surface area (Å²) in [6.07, 6.45) is 6.66. The number of aromatic nitrogens is 1. The number of likely N-dealkylation sites (tertiary alicyclic amines) is 1. The number of thiophene rings is 1. The van der Waals surface area contributed by atoms with E-state index in [1.54, 1.807) is 33.0 Å². The van der Waals surface area contributed by atoms with Gasteiger partial charge in [0.05, 0.1) is 12.2 Å². The fraction of sp³-hybridized carbons (Fsp3) is 0.462. The first-order chi connectivity index (χ1) is 17.4. The fourth-order valence-electron chi connectivity index (χ4n) is 5.16. The predicted octanol–water partition coefficient (Wildman–Crippen LogP) is 3.37. The number of amides is 1. The first kappa shape index (κ1) is 25.3. The second kappa shape index (κ2) is 10.5. The van der Waals surface area contributed by atoms with Crippen molar-refractivity contribution in [3.05, 3.63) is 59.7 Å².